The molecule has 5 nitrogen and oxygen atoms in total. The van der Waals surface area contributed by atoms with E-state index in [1.54, 1.807) is 34.3 Å². The zero-order valence-electron chi connectivity index (χ0n) is 12.1. The third-order valence-corrected chi connectivity index (χ3v) is 5.14. The Hall–Kier alpha value is -2.21. The molecule has 112 valence electrons. The van der Waals surface area contributed by atoms with Crippen molar-refractivity contribution in [2.45, 2.75) is 25.7 Å². The molecule has 0 radical (unpaired) electrons. The molecule has 0 saturated heterocycles. The summed E-state index contributed by atoms with van der Waals surface area (Å²) in [4.78, 5) is 18.3. The molecule has 4 rings (SSSR count). The third kappa shape index (κ3) is 2.50. The molecule has 0 aromatic carbocycles. The van der Waals surface area contributed by atoms with Gasteiger partial charge in [0, 0.05) is 35.8 Å². The molecule has 22 heavy (non-hydrogen) atoms. The van der Waals surface area contributed by atoms with Crippen molar-refractivity contribution < 1.29 is 4.79 Å². The van der Waals surface area contributed by atoms with E-state index in [-0.39, 0.29) is 5.91 Å². The van der Waals surface area contributed by atoms with Crippen molar-refractivity contribution >= 4 is 22.8 Å². The minimum absolute atomic E-state index is 0.0483. The molecule has 0 saturated carbocycles. The van der Waals surface area contributed by atoms with Gasteiger partial charge in [-0.25, -0.2) is 9.50 Å². The van der Waals surface area contributed by atoms with Crippen LogP contribution in [-0.2, 0) is 19.3 Å². The van der Waals surface area contributed by atoms with Crippen LogP contribution in [0.25, 0.3) is 5.52 Å². The fraction of sp³-hybridized carbons (Fsp3) is 0.312. The second-order valence-electron chi connectivity index (χ2n) is 5.45. The summed E-state index contributed by atoms with van der Waals surface area (Å²) in [5, 5.41) is 8.23. The molecular weight excluding hydrogens is 296 g/mol. The smallest absolute Gasteiger partial charge is 0.251 e. The number of nitrogens with one attached hydrogen (secondary N) is 1. The van der Waals surface area contributed by atoms with E-state index >= 15 is 0 Å². The molecule has 1 aliphatic carbocycles. The summed E-state index contributed by atoms with van der Waals surface area (Å²) in [6.07, 6.45) is 7.85. The average molecular weight is 312 g/mol. The Balaban J connectivity index is 1.37. The van der Waals surface area contributed by atoms with E-state index in [9.17, 15) is 4.79 Å². The molecule has 3 aromatic heterocycles. The highest BCUT2D eigenvalue weighted by atomic mass is 32.1. The van der Waals surface area contributed by atoms with Crippen molar-refractivity contribution in [2.24, 2.45) is 0 Å². The lowest BCUT2D eigenvalue weighted by Gasteiger charge is -2.04. The number of aryl methyl sites for hydroxylation is 2. The number of hydrogen-bond donors (Lipinski definition) is 1. The Bertz CT molecular complexity index is 814. The second-order valence-corrected chi connectivity index (χ2v) is 6.62. The van der Waals surface area contributed by atoms with E-state index in [2.05, 4.69) is 15.4 Å². The fourth-order valence-corrected chi connectivity index (χ4v) is 3.96. The van der Waals surface area contributed by atoms with Crippen molar-refractivity contribution in [2.75, 3.05) is 6.54 Å². The number of thiazole rings is 1. The quantitative estimate of drug-likeness (QED) is 0.804. The zero-order chi connectivity index (χ0) is 14.9. The van der Waals surface area contributed by atoms with Gasteiger partial charge in [-0.3, -0.25) is 4.79 Å². The lowest BCUT2D eigenvalue weighted by atomic mass is 10.2. The molecule has 0 fully saturated rings. The van der Waals surface area contributed by atoms with Gasteiger partial charge in [-0.2, -0.15) is 5.10 Å². The normalized spacial score (nSPS) is 13.5. The van der Waals surface area contributed by atoms with Crippen molar-refractivity contribution in [3.63, 3.8) is 0 Å². The second kappa shape index (κ2) is 5.53. The summed E-state index contributed by atoms with van der Waals surface area (Å²) < 4.78 is 1.74. The van der Waals surface area contributed by atoms with Crippen molar-refractivity contribution in [1.29, 1.82) is 0 Å². The number of carbonyl (C=O) groups is 1. The van der Waals surface area contributed by atoms with Gasteiger partial charge in [-0.15, -0.1) is 11.3 Å². The van der Waals surface area contributed by atoms with Crippen LogP contribution in [0.2, 0.25) is 0 Å². The number of rotatable bonds is 4. The summed E-state index contributed by atoms with van der Waals surface area (Å²) in [6.45, 7) is 0.621. The maximum absolute atomic E-state index is 12.2. The number of aromatic nitrogens is 3. The highest BCUT2D eigenvalue weighted by molar-refractivity contribution is 7.11. The summed E-state index contributed by atoms with van der Waals surface area (Å²) in [7, 11) is 0. The van der Waals surface area contributed by atoms with Crippen LogP contribution in [0, 0.1) is 0 Å². The highest BCUT2D eigenvalue weighted by Gasteiger charge is 2.16. The molecule has 3 aromatic rings. The van der Waals surface area contributed by atoms with E-state index in [0.717, 1.165) is 23.4 Å². The van der Waals surface area contributed by atoms with Crippen molar-refractivity contribution in [3.05, 3.63) is 51.7 Å². The molecular formula is C16H16N4OS. The summed E-state index contributed by atoms with van der Waals surface area (Å²) >= 11 is 1.80. The summed E-state index contributed by atoms with van der Waals surface area (Å²) in [5.41, 5.74) is 2.86. The predicted molar refractivity (Wildman–Crippen MR) is 85.4 cm³/mol. The van der Waals surface area contributed by atoms with Crippen LogP contribution in [0.4, 0.5) is 0 Å². The number of pyridine rings is 1. The van der Waals surface area contributed by atoms with Crippen LogP contribution < -0.4 is 5.32 Å². The molecule has 0 unspecified atom stereocenters. The summed E-state index contributed by atoms with van der Waals surface area (Å²) in [5.74, 6) is -0.0483. The highest BCUT2D eigenvalue weighted by Crippen LogP contribution is 2.27. The van der Waals surface area contributed by atoms with Crippen LogP contribution in [0.15, 0.2) is 30.6 Å². The predicted octanol–water partition coefficient (Wildman–Crippen LogP) is 2.25. The minimum Gasteiger partial charge on any atom is -0.352 e. The minimum atomic E-state index is -0.0483. The van der Waals surface area contributed by atoms with Crippen LogP contribution >= 0.6 is 11.3 Å². The van der Waals surface area contributed by atoms with Gasteiger partial charge in [0.15, 0.2) is 0 Å². The third-order valence-electron chi connectivity index (χ3n) is 3.93. The first-order valence-corrected chi connectivity index (χ1v) is 8.30. The van der Waals surface area contributed by atoms with Gasteiger partial charge in [0.05, 0.1) is 16.2 Å². The van der Waals surface area contributed by atoms with Gasteiger partial charge in [0.25, 0.3) is 5.91 Å². The Morgan fingerprint density at radius 1 is 1.36 bits per heavy atom. The molecule has 1 amide bonds. The van der Waals surface area contributed by atoms with Crippen molar-refractivity contribution in [3.8, 4) is 0 Å². The van der Waals surface area contributed by atoms with Crippen LogP contribution in [0.3, 0.4) is 0 Å². The number of carbonyl (C=O) groups excluding carboxylic acids is 1. The topological polar surface area (TPSA) is 59.3 Å². The average Bonchev–Trinajstić information content (AvgIpc) is 3.21. The maximum Gasteiger partial charge on any atom is 0.251 e. The first-order valence-electron chi connectivity index (χ1n) is 7.49. The van der Waals surface area contributed by atoms with E-state index in [1.807, 2.05) is 12.1 Å². The Morgan fingerprint density at radius 2 is 2.32 bits per heavy atom. The first kappa shape index (κ1) is 13.5. The lowest BCUT2D eigenvalue weighted by molar-refractivity contribution is 0.0954. The number of hydrogen-bond acceptors (Lipinski definition) is 4. The molecule has 1 N–H and O–H groups in total. The van der Waals surface area contributed by atoms with E-state index in [1.165, 1.54) is 23.4 Å². The largest absolute Gasteiger partial charge is 0.352 e. The Kier molecular flexibility index (Phi) is 3.38. The summed E-state index contributed by atoms with van der Waals surface area (Å²) in [6, 6.07) is 5.52. The molecule has 3 heterocycles. The number of amides is 1. The SMILES string of the molecule is O=C(NCCc1nc2c(s1)CCC2)c1ccn2nccc2c1. The monoisotopic (exact) mass is 312 g/mol. The molecule has 1 aliphatic rings. The Labute approximate surface area is 132 Å². The van der Waals surface area contributed by atoms with Gasteiger partial charge >= 0.3 is 0 Å². The molecule has 0 atom stereocenters. The van der Waals surface area contributed by atoms with Crippen LogP contribution in [-0.4, -0.2) is 27.0 Å². The molecule has 6 heteroatoms. The molecule has 0 spiro atoms. The van der Waals surface area contributed by atoms with Crippen LogP contribution in [0.5, 0.6) is 0 Å². The Morgan fingerprint density at radius 3 is 3.23 bits per heavy atom. The molecule has 0 aliphatic heterocycles. The number of fused-ring (bicyclic) bond motifs is 2. The van der Waals surface area contributed by atoms with E-state index < -0.39 is 0 Å². The van der Waals surface area contributed by atoms with E-state index in [4.69, 9.17) is 0 Å². The lowest BCUT2D eigenvalue weighted by Crippen LogP contribution is -2.25. The first-order chi connectivity index (χ1) is 10.8. The standard InChI is InChI=1S/C16H16N4OS/c21-16(11-6-9-20-12(10-11)4-8-18-20)17-7-5-15-19-13-2-1-3-14(13)22-15/h4,6,8-10H,1-3,5,7H2,(H,17,21). The fourth-order valence-electron chi connectivity index (χ4n) is 2.80. The zero-order valence-corrected chi connectivity index (χ0v) is 12.9. The maximum atomic E-state index is 12.2. The van der Waals surface area contributed by atoms with Gasteiger partial charge in [-0.05, 0) is 37.5 Å². The van der Waals surface area contributed by atoms with Crippen LogP contribution in [0.1, 0.15) is 32.4 Å². The number of nitrogens with zero attached hydrogens (tertiary/aromatic N) is 3. The molecule has 0 bridgehead atoms. The van der Waals surface area contributed by atoms with Gasteiger partial charge in [-0.1, -0.05) is 0 Å². The van der Waals surface area contributed by atoms with E-state index in [0.29, 0.717) is 12.1 Å². The van der Waals surface area contributed by atoms with Gasteiger partial charge in [0.1, 0.15) is 0 Å². The van der Waals surface area contributed by atoms with Gasteiger partial charge in [0.2, 0.25) is 0 Å². The van der Waals surface area contributed by atoms with Crippen molar-refractivity contribution in [1.82, 2.24) is 19.9 Å². The van der Waals surface area contributed by atoms with Gasteiger partial charge < -0.3 is 5.32 Å².